The molecule has 194 valence electrons. The van der Waals surface area contributed by atoms with Gasteiger partial charge in [0.05, 0.1) is 36.8 Å². The van der Waals surface area contributed by atoms with Crippen molar-refractivity contribution in [2.45, 2.75) is 12.1 Å². The summed E-state index contributed by atoms with van der Waals surface area (Å²) in [6, 6.07) is 13.3. The molecule has 0 radical (unpaired) electrons. The van der Waals surface area contributed by atoms with Crippen molar-refractivity contribution in [2.75, 3.05) is 50.6 Å². The number of anilines is 1. The summed E-state index contributed by atoms with van der Waals surface area (Å²) in [4.78, 5) is 38.7. The van der Waals surface area contributed by atoms with Crippen LogP contribution in [-0.2, 0) is 19.1 Å². The number of tetrazole rings is 1. The number of nitrogens with one attached hydrogen (secondary N) is 1. The number of hydrogen-bond acceptors (Lipinski definition) is 10. The number of benzene rings is 2. The molecule has 3 aromatic rings. The number of morpholine rings is 1. The number of nitrogens with zero attached hydrogens (tertiary/aromatic N) is 5. The molecule has 13 heteroatoms. The second-order valence-corrected chi connectivity index (χ2v) is 8.73. The molecule has 0 aliphatic carbocycles. The van der Waals surface area contributed by atoms with E-state index in [2.05, 4.69) is 20.8 Å². The average molecular weight is 527 g/mol. The van der Waals surface area contributed by atoms with Crippen molar-refractivity contribution in [1.29, 1.82) is 0 Å². The van der Waals surface area contributed by atoms with E-state index < -0.39 is 18.5 Å². The van der Waals surface area contributed by atoms with E-state index in [4.69, 9.17) is 14.2 Å². The Hall–Kier alpha value is -3.97. The number of esters is 1. The quantitative estimate of drug-likeness (QED) is 0.307. The lowest BCUT2D eigenvalue weighted by Crippen LogP contribution is -2.41. The van der Waals surface area contributed by atoms with Crippen molar-refractivity contribution in [3.63, 3.8) is 0 Å². The molecule has 4 rings (SSSR count). The third-order valence-electron chi connectivity index (χ3n) is 5.26. The first-order valence-electron chi connectivity index (χ1n) is 11.6. The van der Waals surface area contributed by atoms with Gasteiger partial charge < -0.3 is 24.4 Å². The lowest BCUT2D eigenvalue weighted by molar-refractivity contribution is -0.132. The highest BCUT2D eigenvalue weighted by Crippen LogP contribution is 2.20. The summed E-state index contributed by atoms with van der Waals surface area (Å²) in [6.45, 7) is 4.23. The number of hydrogen-bond donors (Lipinski definition) is 1. The number of rotatable bonds is 10. The first kappa shape index (κ1) is 26.1. The molecular weight excluding hydrogens is 500 g/mol. The molecule has 2 aromatic carbocycles. The lowest BCUT2D eigenvalue weighted by atomic mass is 10.2. The number of carbonyl (C=O) groups excluding carboxylic acids is 3. The third kappa shape index (κ3) is 7.27. The Bertz CT molecular complexity index is 1210. The van der Waals surface area contributed by atoms with Gasteiger partial charge in [-0.05, 0) is 65.9 Å². The Morgan fingerprint density at radius 1 is 1.05 bits per heavy atom. The SMILES string of the molecule is CCOc1ccc(NC(=O)COC(=O)c2ccc(-n3nnnc3SCC(=O)N3CCOCC3)cc2)cc1. The Balaban J connectivity index is 1.27. The molecular formula is C24H26N6O6S. The van der Waals surface area contributed by atoms with Crippen LogP contribution in [-0.4, -0.2) is 88.2 Å². The van der Waals surface area contributed by atoms with Crippen LogP contribution in [0.3, 0.4) is 0 Å². The first-order chi connectivity index (χ1) is 18.0. The van der Waals surface area contributed by atoms with Gasteiger partial charge in [-0.15, -0.1) is 5.10 Å². The van der Waals surface area contributed by atoms with Crippen molar-refractivity contribution in [2.24, 2.45) is 0 Å². The van der Waals surface area contributed by atoms with Gasteiger partial charge >= 0.3 is 5.97 Å². The highest BCUT2D eigenvalue weighted by molar-refractivity contribution is 7.99. The van der Waals surface area contributed by atoms with Crippen LogP contribution in [0.2, 0.25) is 0 Å². The summed E-state index contributed by atoms with van der Waals surface area (Å²) in [5, 5.41) is 14.8. The molecule has 37 heavy (non-hydrogen) atoms. The zero-order chi connectivity index (χ0) is 26.0. The van der Waals surface area contributed by atoms with Crippen molar-refractivity contribution < 1.29 is 28.6 Å². The van der Waals surface area contributed by atoms with E-state index >= 15 is 0 Å². The molecule has 1 aromatic heterocycles. The number of ether oxygens (including phenoxy) is 3. The van der Waals surface area contributed by atoms with Crippen molar-refractivity contribution in [3.05, 3.63) is 54.1 Å². The van der Waals surface area contributed by atoms with Gasteiger partial charge in [0.15, 0.2) is 6.61 Å². The minimum Gasteiger partial charge on any atom is -0.494 e. The number of aromatic nitrogens is 4. The van der Waals surface area contributed by atoms with Crippen LogP contribution in [0.25, 0.3) is 5.69 Å². The van der Waals surface area contributed by atoms with Gasteiger partial charge in [-0.25, -0.2) is 4.79 Å². The van der Waals surface area contributed by atoms with Gasteiger partial charge in [0.25, 0.3) is 5.91 Å². The van der Waals surface area contributed by atoms with Crippen molar-refractivity contribution in [1.82, 2.24) is 25.1 Å². The van der Waals surface area contributed by atoms with E-state index in [1.165, 1.54) is 16.4 Å². The maximum absolute atomic E-state index is 12.4. The zero-order valence-electron chi connectivity index (χ0n) is 20.2. The van der Waals surface area contributed by atoms with Crippen LogP contribution < -0.4 is 10.1 Å². The standard InChI is InChI=1S/C24H26N6O6S/c1-2-35-20-9-5-18(6-10-20)25-21(31)15-36-23(33)17-3-7-19(8-4-17)30-24(26-27-28-30)37-16-22(32)29-11-13-34-14-12-29/h3-10H,2,11-16H2,1H3,(H,25,31). The van der Waals surface area contributed by atoms with Gasteiger partial charge in [0.1, 0.15) is 5.75 Å². The maximum atomic E-state index is 12.4. The van der Waals surface area contributed by atoms with Crippen LogP contribution in [0.15, 0.2) is 53.7 Å². The molecule has 1 saturated heterocycles. The second kappa shape index (κ2) is 12.8. The summed E-state index contributed by atoms with van der Waals surface area (Å²) in [6.07, 6.45) is 0. The summed E-state index contributed by atoms with van der Waals surface area (Å²) in [5.41, 5.74) is 1.44. The lowest BCUT2D eigenvalue weighted by Gasteiger charge is -2.26. The van der Waals surface area contributed by atoms with E-state index in [9.17, 15) is 14.4 Å². The van der Waals surface area contributed by atoms with Crippen LogP contribution >= 0.6 is 11.8 Å². The predicted molar refractivity (Wildman–Crippen MR) is 134 cm³/mol. The molecule has 1 aliphatic heterocycles. The molecule has 2 heterocycles. The maximum Gasteiger partial charge on any atom is 0.338 e. The molecule has 1 N–H and O–H groups in total. The molecule has 0 bridgehead atoms. The minimum atomic E-state index is -0.643. The highest BCUT2D eigenvalue weighted by Gasteiger charge is 2.19. The minimum absolute atomic E-state index is 0.00694. The van der Waals surface area contributed by atoms with Gasteiger partial charge in [0.2, 0.25) is 11.1 Å². The van der Waals surface area contributed by atoms with Gasteiger partial charge in [-0.2, -0.15) is 4.68 Å². The molecule has 0 unspecified atom stereocenters. The second-order valence-electron chi connectivity index (χ2n) is 7.78. The monoisotopic (exact) mass is 526 g/mol. The smallest absolute Gasteiger partial charge is 0.338 e. The molecule has 0 saturated carbocycles. The van der Waals surface area contributed by atoms with Crippen LogP contribution in [0, 0.1) is 0 Å². The molecule has 2 amide bonds. The Labute approximate surface area is 217 Å². The van der Waals surface area contributed by atoms with E-state index in [0.717, 1.165) is 0 Å². The van der Waals surface area contributed by atoms with Crippen LogP contribution in [0.5, 0.6) is 5.75 Å². The Kier molecular flexibility index (Phi) is 9.05. The van der Waals surface area contributed by atoms with Gasteiger partial charge in [-0.3, -0.25) is 9.59 Å². The zero-order valence-corrected chi connectivity index (χ0v) is 21.0. The van der Waals surface area contributed by atoms with Gasteiger partial charge in [-0.1, -0.05) is 11.8 Å². The van der Waals surface area contributed by atoms with Crippen LogP contribution in [0.1, 0.15) is 17.3 Å². The molecule has 12 nitrogen and oxygen atoms in total. The summed E-state index contributed by atoms with van der Waals surface area (Å²) in [5.74, 6) is -0.215. The summed E-state index contributed by atoms with van der Waals surface area (Å²) in [7, 11) is 0. The largest absolute Gasteiger partial charge is 0.494 e. The third-order valence-corrected chi connectivity index (χ3v) is 6.16. The normalized spacial score (nSPS) is 13.2. The van der Waals surface area contributed by atoms with Crippen molar-refractivity contribution in [3.8, 4) is 11.4 Å². The number of carbonyl (C=O) groups is 3. The predicted octanol–water partition coefficient (Wildman–Crippen LogP) is 1.81. The molecule has 0 atom stereocenters. The highest BCUT2D eigenvalue weighted by atomic mass is 32.2. The Morgan fingerprint density at radius 3 is 2.49 bits per heavy atom. The first-order valence-corrected chi connectivity index (χ1v) is 12.6. The summed E-state index contributed by atoms with van der Waals surface area (Å²) >= 11 is 1.23. The number of thioether (sulfide) groups is 1. The van der Waals surface area contributed by atoms with Crippen molar-refractivity contribution >= 4 is 35.2 Å². The topological polar surface area (TPSA) is 138 Å². The van der Waals surface area contributed by atoms with E-state index in [-0.39, 0.29) is 17.2 Å². The van der Waals surface area contributed by atoms with E-state index in [0.29, 0.717) is 55.2 Å². The molecule has 1 aliphatic rings. The van der Waals surface area contributed by atoms with E-state index in [1.807, 2.05) is 6.92 Å². The molecule has 1 fully saturated rings. The average Bonchev–Trinajstić information content (AvgIpc) is 3.41. The Morgan fingerprint density at radius 2 is 1.78 bits per heavy atom. The van der Waals surface area contributed by atoms with Crippen LogP contribution in [0.4, 0.5) is 5.69 Å². The fraction of sp³-hybridized carbons (Fsp3) is 0.333. The fourth-order valence-corrected chi connectivity index (χ4v) is 4.21. The van der Waals surface area contributed by atoms with E-state index in [1.54, 1.807) is 53.4 Å². The number of amides is 2. The summed E-state index contributed by atoms with van der Waals surface area (Å²) < 4.78 is 17.2. The molecule has 0 spiro atoms. The fourth-order valence-electron chi connectivity index (χ4n) is 3.41. The van der Waals surface area contributed by atoms with Gasteiger partial charge in [0, 0.05) is 18.8 Å².